The van der Waals surface area contributed by atoms with E-state index < -0.39 is 0 Å². The second-order valence-electron chi connectivity index (χ2n) is 8.15. The Morgan fingerprint density at radius 1 is 1.09 bits per heavy atom. The van der Waals surface area contributed by atoms with Gasteiger partial charge in [0.2, 0.25) is 0 Å². The van der Waals surface area contributed by atoms with Gasteiger partial charge in [0.15, 0.2) is 0 Å². The zero-order chi connectivity index (χ0) is 23.9. The summed E-state index contributed by atoms with van der Waals surface area (Å²) in [4.78, 5) is 17.2. The van der Waals surface area contributed by atoms with Gasteiger partial charge in [-0.3, -0.25) is 4.79 Å². The molecule has 1 heterocycles. The molecule has 176 valence electrons. The monoisotopic (exact) mass is 539 g/mol. The van der Waals surface area contributed by atoms with Gasteiger partial charge in [-0.2, -0.15) is 0 Å². The van der Waals surface area contributed by atoms with E-state index in [0.29, 0.717) is 18.7 Å². The number of carbonyl (C=O) groups excluding carboxylic acids is 1. The van der Waals surface area contributed by atoms with Gasteiger partial charge in [-0.05, 0) is 79.9 Å². The van der Waals surface area contributed by atoms with Crippen molar-refractivity contribution in [3.8, 4) is 5.75 Å². The van der Waals surface area contributed by atoms with Crippen LogP contribution in [0.25, 0.3) is 11.0 Å². The molecule has 0 spiro atoms. The van der Waals surface area contributed by atoms with E-state index in [9.17, 15) is 4.79 Å². The second kappa shape index (κ2) is 11.5. The van der Waals surface area contributed by atoms with Crippen LogP contribution in [0.15, 0.2) is 71.2 Å². The molecule has 0 saturated carbocycles. The third kappa shape index (κ3) is 6.19. The van der Waals surface area contributed by atoms with Crippen LogP contribution in [0.2, 0.25) is 5.02 Å². The minimum absolute atomic E-state index is 0.0596. The molecule has 0 saturated heterocycles. The largest absolute Gasteiger partial charge is 0.494 e. The van der Waals surface area contributed by atoms with Crippen LogP contribution >= 0.6 is 27.5 Å². The molecule has 0 bridgehead atoms. The predicted octanol–water partition coefficient (Wildman–Crippen LogP) is 6.59. The van der Waals surface area contributed by atoms with Crippen molar-refractivity contribution in [3.63, 3.8) is 0 Å². The van der Waals surface area contributed by atoms with Crippen molar-refractivity contribution >= 4 is 44.5 Å². The van der Waals surface area contributed by atoms with Crippen LogP contribution in [-0.4, -0.2) is 28.6 Å². The lowest BCUT2D eigenvalue weighted by Gasteiger charge is -2.11. The Bertz CT molecular complexity index is 1270. The fourth-order valence-corrected chi connectivity index (χ4v) is 4.22. The first-order chi connectivity index (χ1) is 16.5. The van der Waals surface area contributed by atoms with Crippen molar-refractivity contribution in [1.82, 2.24) is 14.9 Å². The molecule has 0 aliphatic rings. The number of hydrogen-bond donors (Lipinski definition) is 1. The van der Waals surface area contributed by atoms with Crippen molar-refractivity contribution in [2.45, 2.75) is 32.7 Å². The summed E-state index contributed by atoms with van der Waals surface area (Å²) >= 11 is 9.49. The molecule has 4 aromatic rings. The van der Waals surface area contributed by atoms with E-state index in [1.54, 1.807) is 0 Å². The predicted molar refractivity (Wildman–Crippen MR) is 141 cm³/mol. The third-order valence-electron chi connectivity index (χ3n) is 5.63. The Morgan fingerprint density at radius 3 is 2.68 bits per heavy atom. The summed E-state index contributed by atoms with van der Waals surface area (Å²) in [7, 11) is 0. The summed E-state index contributed by atoms with van der Waals surface area (Å²) in [5.74, 6) is 1.80. The van der Waals surface area contributed by atoms with Crippen LogP contribution in [0.4, 0.5) is 0 Å². The molecule has 1 amide bonds. The quantitative estimate of drug-likeness (QED) is 0.231. The van der Waals surface area contributed by atoms with Crippen LogP contribution in [0.5, 0.6) is 5.75 Å². The van der Waals surface area contributed by atoms with Gasteiger partial charge in [0.05, 0.1) is 17.6 Å². The van der Waals surface area contributed by atoms with E-state index in [1.165, 1.54) is 0 Å². The Labute approximate surface area is 213 Å². The Kier molecular flexibility index (Phi) is 8.25. The first kappa shape index (κ1) is 24.3. The summed E-state index contributed by atoms with van der Waals surface area (Å²) in [5, 5.41) is 3.75. The second-order valence-corrected chi connectivity index (χ2v) is 9.47. The number of rotatable bonds is 10. The molecule has 0 atom stereocenters. The molecule has 0 radical (unpaired) electrons. The van der Waals surface area contributed by atoms with Crippen LogP contribution in [0, 0.1) is 6.92 Å². The average Bonchev–Trinajstić information content (AvgIpc) is 3.19. The highest BCUT2D eigenvalue weighted by Crippen LogP contribution is 2.22. The number of nitrogens with zero attached hydrogens (tertiary/aromatic N) is 2. The summed E-state index contributed by atoms with van der Waals surface area (Å²) in [6.07, 6.45) is 2.45. The number of benzene rings is 3. The fourth-order valence-electron chi connectivity index (χ4n) is 3.84. The molecule has 0 fully saturated rings. The maximum atomic E-state index is 12.3. The standard InChI is InChI=1S/C27H27BrClN3O2/c1-19-18-22(13-14-23(19)29)34-17-5-16-32-25-7-3-2-6-24(25)31-26(32)8-4-15-30-27(33)20-9-11-21(28)12-10-20/h2-3,6-7,9-14,18H,4-5,8,15-17H2,1H3,(H,30,33). The van der Waals surface area contributed by atoms with Gasteiger partial charge in [0.25, 0.3) is 5.91 Å². The molecular weight excluding hydrogens is 514 g/mol. The molecule has 5 nitrogen and oxygen atoms in total. The Hall–Kier alpha value is -2.83. The van der Waals surface area contributed by atoms with Crippen molar-refractivity contribution in [3.05, 3.63) is 93.2 Å². The molecule has 3 aromatic carbocycles. The molecule has 0 unspecified atom stereocenters. The SMILES string of the molecule is Cc1cc(OCCCn2c(CCCNC(=O)c3ccc(Br)cc3)nc3ccccc32)ccc1Cl. The summed E-state index contributed by atoms with van der Waals surface area (Å²) in [6, 6.07) is 21.3. The van der Waals surface area contributed by atoms with Crippen LogP contribution < -0.4 is 10.1 Å². The number of carbonyl (C=O) groups is 1. The van der Waals surface area contributed by atoms with Gasteiger partial charge in [-0.25, -0.2) is 4.98 Å². The van der Waals surface area contributed by atoms with E-state index in [4.69, 9.17) is 21.3 Å². The summed E-state index contributed by atoms with van der Waals surface area (Å²) in [6.45, 7) is 3.99. The molecule has 34 heavy (non-hydrogen) atoms. The first-order valence-corrected chi connectivity index (χ1v) is 12.6. The zero-order valence-electron chi connectivity index (χ0n) is 19.1. The molecule has 7 heteroatoms. The first-order valence-electron chi connectivity index (χ1n) is 11.4. The molecule has 1 N–H and O–H groups in total. The minimum atomic E-state index is -0.0596. The maximum Gasteiger partial charge on any atom is 0.251 e. The van der Waals surface area contributed by atoms with E-state index in [0.717, 1.165) is 63.5 Å². The number of aryl methyl sites for hydroxylation is 3. The number of halogens is 2. The van der Waals surface area contributed by atoms with Gasteiger partial charge < -0.3 is 14.6 Å². The number of amides is 1. The molecule has 1 aromatic heterocycles. The van der Waals surface area contributed by atoms with E-state index >= 15 is 0 Å². The van der Waals surface area contributed by atoms with Crippen molar-refractivity contribution in [2.75, 3.05) is 13.2 Å². The van der Waals surface area contributed by atoms with E-state index in [-0.39, 0.29) is 5.91 Å². The smallest absolute Gasteiger partial charge is 0.251 e. The highest BCUT2D eigenvalue weighted by molar-refractivity contribution is 9.10. The topological polar surface area (TPSA) is 56.1 Å². The van der Waals surface area contributed by atoms with Gasteiger partial charge in [-0.1, -0.05) is 39.7 Å². The number of fused-ring (bicyclic) bond motifs is 1. The molecule has 0 aliphatic carbocycles. The molecular formula is C27H27BrClN3O2. The minimum Gasteiger partial charge on any atom is -0.494 e. The number of ether oxygens (including phenoxy) is 1. The van der Waals surface area contributed by atoms with Crippen LogP contribution in [0.3, 0.4) is 0 Å². The molecule has 4 rings (SSSR count). The highest BCUT2D eigenvalue weighted by Gasteiger charge is 2.11. The van der Waals surface area contributed by atoms with Gasteiger partial charge >= 0.3 is 0 Å². The van der Waals surface area contributed by atoms with Crippen LogP contribution in [-0.2, 0) is 13.0 Å². The summed E-state index contributed by atoms with van der Waals surface area (Å²) in [5.41, 5.74) is 3.78. The zero-order valence-corrected chi connectivity index (χ0v) is 21.4. The lowest BCUT2D eigenvalue weighted by molar-refractivity contribution is 0.0953. The van der Waals surface area contributed by atoms with Crippen LogP contribution in [0.1, 0.15) is 34.6 Å². The number of imidazole rings is 1. The Balaban J connectivity index is 1.32. The maximum absolute atomic E-state index is 12.3. The van der Waals surface area contributed by atoms with E-state index in [1.807, 2.05) is 67.6 Å². The third-order valence-corrected chi connectivity index (χ3v) is 6.58. The van der Waals surface area contributed by atoms with Crippen molar-refractivity contribution in [2.24, 2.45) is 0 Å². The average molecular weight is 541 g/mol. The van der Waals surface area contributed by atoms with Gasteiger partial charge in [0, 0.05) is 34.6 Å². The summed E-state index contributed by atoms with van der Waals surface area (Å²) < 4.78 is 9.14. The number of para-hydroxylation sites is 2. The Morgan fingerprint density at radius 2 is 1.88 bits per heavy atom. The molecule has 0 aliphatic heterocycles. The number of nitrogens with one attached hydrogen (secondary N) is 1. The lowest BCUT2D eigenvalue weighted by atomic mass is 10.2. The number of aromatic nitrogens is 2. The van der Waals surface area contributed by atoms with Crippen molar-refractivity contribution < 1.29 is 9.53 Å². The lowest BCUT2D eigenvalue weighted by Crippen LogP contribution is -2.25. The normalized spacial score (nSPS) is 11.0. The van der Waals surface area contributed by atoms with Crippen molar-refractivity contribution in [1.29, 1.82) is 0 Å². The van der Waals surface area contributed by atoms with Gasteiger partial charge in [-0.15, -0.1) is 0 Å². The highest BCUT2D eigenvalue weighted by atomic mass is 79.9. The van der Waals surface area contributed by atoms with E-state index in [2.05, 4.69) is 31.9 Å². The fraction of sp³-hybridized carbons (Fsp3) is 0.259. The number of hydrogen-bond acceptors (Lipinski definition) is 3. The van der Waals surface area contributed by atoms with Gasteiger partial charge in [0.1, 0.15) is 11.6 Å².